The molecular formula is C23H18. The van der Waals surface area contributed by atoms with Gasteiger partial charge >= 0.3 is 0 Å². The summed E-state index contributed by atoms with van der Waals surface area (Å²) >= 11 is 0. The standard InChI is InChI=1S/C23H18/c1-3-7-18-9-16(5-1)11-20-15-21-12-17-6-2-4-8-19(10-17)14-23(21)22(20)13-18/h1-8,11-14H,9-10,15H2. The zero-order chi connectivity index (χ0) is 15.2. The Morgan fingerprint density at radius 3 is 1.26 bits per heavy atom. The molecule has 5 rings (SSSR count). The van der Waals surface area contributed by atoms with Crippen LogP contribution in [0.1, 0.15) is 19.3 Å². The molecule has 0 nitrogen and oxygen atoms in total. The van der Waals surface area contributed by atoms with E-state index in [2.05, 4.69) is 72.9 Å². The van der Waals surface area contributed by atoms with Gasteiger partial charge in [0.05, 0.1) is 0 Å². The summed E-state index contributed by atoms with van der Waals surface area (Å²) in [6.45, 7) is 0. The van der Waals surface area contributed by atoms with Gasteiger partial charge in [-0.2, -0.15) is 0 Å². The Balaban J connectivity index is 1.73. The molecule has 0 heterocycles. The van der Waals surface area contributed by atoms with Crippen LogP contribution >= 0.6 is 0 Å². The van der Waals surface area contributed by atoms with E-state index >= 15 is 0 Å². The minimum absolute atomic E-state index is 1.04. The van der Waals surface area contributed by atoms with Gasteiger partial charge in [0, 0.05) is 0 Å². The molecule has 1 fully saturated rings. The van der Waals surface area contributed by atoms with Crippen molar-refractivity contribution in [1.82, 2.24) is 0 Å². The van der Waals surface area contributed by atoms with Crippen LogP contribution in [0.2, 0.25) is 0 Å². The van der Waals surface area contributed by atoms with Crippen LogP contribution in [-0.4, -0.2) is 0 Å². The summed E-state index contributed by atoms with van der Waals surface area (Å²) in [6.07, 6.45) is 30.4. The molecule has 1 saturated carbocycles. The smallest absolute Gasteiger partial charge is 0.00132 e. The average molecular weight is 294 g/mol. The van der Waals surface area contributed by atoms with Crippen molar-refractivity contribution in [1.29, 1.82) is 0 Å². The van der Waals surface area contributed by atoms with Gasteiger partial charge in [-0.1, -0.05) is 72.9 Å². The number of rotatable bonds is 0. The lowest BCUT2D eigenvalue weighted by atomic mass is 10.0. The summed E-state index contributed by atoms with van der Waals surface area (Å²) in [5.74, 6) is 0. The van der Waals surface area contributed by atoms with Crippen molar-refractivity contribution < 1.29 is 0 Å². The first-order chi connectivity index (χ1) is 11.3. The summed E-state index contributed by atoms with van der Waals surface area (Å²) in [6, 6.07) is 0. The molecular weight excluding hydrogens is 276 g/mol. The van der Waals surface area contributed by atoms with E-state index in [1.807, 2.05) is 0 Å². The molecule has 0 unspecified atom stereocenters. The van der Waals surface area contributed by atoms with Gasteiger partial charge in [-0.25, -0.2) is 0 Å². The Morgan fingerprint density at radius 1 is 0.435 bits per heavy atom. The number of allylic oxidation sites excluding steroid dienone is 20. The highest BCUT2D eigenvalue weighted by atomic mass is 14.3. The molecule has 0 saturated heterocycles. The highest BCUT2D eigenvalue weighted by molar-refractivity contribution is 5.72. The first kappa shape index (κ1) is 12.9. The molecule has 5 aliphatic rings. The molecule has 0 heteroatoms. The second-order valence-electron chi connectivity index (χ2n) is 6.72. The van der Waals surface area contributed by atoms with Gasteiger partial charge in [0.2, 0.25) is 0 Å². The molecule has 0 aromatic heterocycles. The molecule has 0 aromatic carbocycles. The third-order valence-electron chi connectivity index (χ3n) is 5.02. The molecule has 4 bridgehead atoms. The van der Waals surface area contributed by atoms with Crippen molar-refractivity contribution in [2.24, 2.45) is 0 Å². The normalized spacial score (nSPS) is 24.0. The molecule has 0 N–H and O–H groups in total. The minimum Gasteiger partial charge on any atom is -0.0620 e. The van der Waals surface area contributed by atoms with E-state index in [-0.39, 0.29) is 0 Å². The van der Waals surface area contributed by atoms with Crippen molar-refractivity contribution in [3.05, 3.63) is 117 Å². The topological polar surface area (TPSA) is 0 Å². The van der Waals surface area contributed by atoms with Gasteiger partial charge < -0.3 is 0 Å². The zero-order valence-corrected chi connectivity index (χ0v) is 13.0. The van der Waals surface area contributed by atoms with Crippen LogP contribution in [0, 0.1) is 0 Å². The van der Waals surface area contributed by atoms with E-state index in [1.165, 1.54) is 44.6 Å². The van der Waals surface area contributed by atoms with Crippen LogP contribution in [0.4, 0.5) is 0 Å². The molecule has 0 atom stereocenters. The lowest BCUT2D eigenvalue weighted by molar-refractivity contribution is 1.19. The molecule has 0 aliphatic heterocycles. The number of fused-ring (bicyclic) bond motifs is 7. The van der Waals surface area contributed by atoms with Gasteiger partial charge in [-0.3, -0.25) is 0 Å². The van der Waals surface area contributed by atoms with Gasteiger partial charge in [-0.15, -0.1) is 0 Å². The highest BCUT2D eigenvalue weighted by Crippen LogP contribution is 2.46. The third-order valence-corrected chi connectivity index (χ3v) is 5.02. The van der Waals surface area contributed by atoms with Crippen molar-refractivity contribution in [3.8, 4) is 0 Å². The van der Waals surface area contributed by atoms with Crippen molar-refractivity contribution in [3.63, 3.8) is 0 Å². The Hall–Kier alpha value is -2.60. The first-order valence-corrected chi connectivity index (χ1v) is 8.34. The summed E-state index contributed by atoms with van der Waals surface area (Å²) in [4.78, 5) is 0. The van der Waals surface area contributed by atoms with E-state index < -0.39 is 0 Å². The minimum atomic E-state index is 1.04. The third kappa shape index (κ3) is 2.22. The predicted octanol–water partition coefficient (Wildman–Crippen LogP) is 5.75. The summed E-state index contributed by atoms with van der Waals surface area (Å²) in [5, 5.41) is 0. The number of hydrogen-bond donors (Lipinski definition) is 0. The first-order valence-electron chi connectivity index (χ1n) is 8.34. The van der Waals surface area contributed by atoms with Gasteiger partial charge in [0.1, 0.15) is 0 Å². The second kappa shape index (κ2) is 4.96. The summed E-state index contributed by atoms with van der Waals surface area (Å²) in [7, 11) is 0. The van der Waals surface area contributed by atoms with E-state index in [4.69, 9.17) is 0 Å². The maximum Gasteiger partial charge on any atom is -0.00132 e. The highest BCUT2D eigenvalue weighted by Gasteiger charge is 2.28. The van der Waals surface area contributed by atoms with Crippen LogP contribution in [-0.2, 0) is 0 Å². The Kier molecular flexibility index (Phi) is 2.78. The van der Waals surface area contributed by atoms with Crippen LogP contribution < -0.4 is 0 Å². The Morgan fingerprint density at radius 2 is 0.826 bits per heavy atom. The van der Waals surface area contributed by atoms with E-state index in [1.54, 1.807) is 0 Å². The Bertz CT molecular complexity index is 833. The summed E-state index contributed by atoms with van der Waals surface area (Å²) < 4.78 is 0. The quantitative estimate of drug-likeness (QED) is 0.533. The van der Waals surface area contributed by atoms with Crippen LogP contribution in [0.15, 0.2) is 117 Å². The lowest BCUT2D eigenvalue weighted by Gasteiger charge is -2.04. The van der Waals surface area contributed by atoms with E-state index in [0.29, 0.717) is 0 Å². The van der Waals surface area contributed by atoms with Gasteiger partial charge in [0.25, 0.3) is 0 Å². The molecule has 23 heavy (non-hydrogen) atoms. The molecule has 110 valence electrons. The van der Waals surface area contributed by atoms with E-state index in [9.17, 15) is 0 Å². The van der Waals surface area contributed by atoms with Crippen molar-refractivity contribution in [2.75, 3.05) is 0 Å². The zero-order valence-electron chi connectivity index (χ0n) is 13.0. The van der Waals surface area contributed by atoms with Crippen LogP contribution in [0.3, 0.4) is 0 Å². The largest absolute Gasteiger partial charge is 0.0620 e. The van der Waals surface area contributed by atoms with Gasteiger partial charge in [0.15, 0.2) is 0 Å². The fourth-order valence-corrected chi connectivity index (χ4v) is 3.98. The maximum absolute atomic E-state index is 2.41. The van der Waals surface area contributed by atoms with Crippen LogP contribution in [0.25, 0.3) is 0 Å². The fourth-order valence-electron chi connectivity index (χ4n) is 3.98. The SMILES string of the molecule is C1=CC=C2C=C3C(=CC(=C1)C2)CC1=CC2=CC=CC=C(C=C13)C2. The predicted molar refractivity (Wildman–Crippen MR) is 96.8 cm³/mol. The molecule has 0 amide bonds. The lowest BCUT2D eigenvalue weighted by Crippen LogP contribution is -1.85. The van der Waals surface area contributed by atoms with Crippen molar-refractivity contribution in [2.45, 2.75) is 19.3 Å². The fraction of sp³-hybridized carbons (Fsp3) is 0.130. The maximum atomic E-state index is 2.41. The van der Waals surface area contributed by atoms with Crippen LogP contribution in [0.5, 0.6) is 0 Å². The molecule has 5 aliphatic carbocycles. The monoisotopic (exact) mass is 294 g/mol. The number of hydrogen-bond acceptors (Lipinski definition) is 0. The molecule has 0 aromatic rings. The second-order valence-corrected chi connectivity index (χ2v) is 6.72. The van der Waals surface area contributed by atoms with Gasteiger partial charge in [-0.05, 0) is 63.8 Å². The van der Waals surface area contributed by atoms with Crippen molar-refractivity contribution >= 4 is 0 Å². The average Bonchev–Trinajstić information content (AvgIpc) is 2.88. The molecule has 0 spiro atoms. The van der Waals surface area contributed by atoms with E-state index in [0.717, 1.165) is 19.3 Å². The molecule has 0 radical (unpaired) electrons. The summed E-state index contributed by atoms with van der Waals surface area (Å²) in [5.41, 5.74) is 11.5. The Labute approximate surface area is 137 Å².